The van der Waals surface area contributed by atoms with E-state index in [1.165, 1.54) is 6.08 Å². The van der Waals surface area contributed by atoms with Crippen LogP contribution in [0.3, 0.4) is 0 Å². The Bertz CT molecular complexity index is 753. The third-order valence-corrected chi connectivity index (χ3v) is 3.44. The van der Waals surface area contributed by atoms with Crippen molar-refractivity contribution in [2.24, 2.45) is 0 Å². The molecule has 24 heavy (non-hydrogen) atoms. The van der Waals surface area contributed by atoms with Gasteiger partial charge in [0.25, 0.3) is 0 Å². The van der Waals surface area contributed by atoms with Crippen LogP contribution in [-0.4, -0.2) is 44.1 Å². The maximum atomic E-state index is 12.2. The molecule has 1 amide bonds. The van der Waals surface area contributed by atoms with Crippen molar-refractivity contribution in [3.63, 3.8) is 0 Å². The van der Waals surface area contributed by atoms with E-state index in [1.807, 2.05) is 69.2 Å². The van der Waals surface area contributed by atoms with Crippen LogP contribution in [0.25, 0.3) is 6.08 Å². The van der Waals surface area contributed by atoms with Crippen molar-refractivity contribution in [2.75, 3.05) is 43.3 Å². The third kappa shape index (κ3) is 4.32. The van der Waals surface area contributed by atoms with Crippen molar-refractivity contribution in [1.82, 2.24) is 9.97 Å². The Labute approximate surface area is 142 Å². The summed E-state index contributed by atoms with van der Waals surface area (Å²) in [5.41, 5.74) is 2.71. The van der Waals surface area contributed by atoms with Crippen molar-refractivity contribution in [3.05, 3.63) is 47.7 Å². The van der Waals surface area contributed by atoms with Gasteiger partial charge < -0.3 is 15.1 Å². The molecule has 0 spiro atoms. The van der Waals surface area contributed by atoms with E-state index in [9.17, 15) is 4.79 Å². The molecule has 0 aliphatic heterocycles. The lowest BCUT2D eigenvalue weighted by Crippen LogP contribution is -2.20. The summed E-state index contributed by atoms with van der Waals surface area (Å²) in [5.74, 6) is 1.03. The molecule has 0 bridgehead atoms. The molecule has 6 nitrogen and oxygen atoms in total. The smallest absolute Gasteiger partial charge is 0.248 e. The van der Waals surface area contributed by atoms with E-state index in [2.05, 4.69) is 15.3 Å². The van der Waals surface area contributed by atoms with Gasteiger partial charge in [-0.3, -0.25) is 4.79 Å². The molecule has 0 unspecified atom stereocenters. The highest BCUT2D eigenvalue weighted by Crippen LogP contribution is 2.23. The zero-order valence-electron chi connectivity index (χ0n) is 14.7. The summed E-state index contributed by atoms with van der Waals surface area (Å²) in [6, 6.07) is 7.90. The average molecular weight is 325 g/mol. The van der Waals surface area contributed by atoms with Gasteiger partial charge in [-0.25, -0.2) is 4.98 Å². The molecule has 0 aliphatic carbocycles. The number of amides is 1. The third-order valence-electron chi connectivity index (χ3n) is 3.44. The minimum Gasteiger partial charge on any atom is -0.361 e. The SMILES string of the molecule is Cc1ccccc1/C=C/C(=O)Nc1cnc(N(C)C)nc1N(C)C. The summed E-state index contributed by atoms with van der Waals surface area (Å²) in [5, 5.41) is 2.84. The zero-order valence-corrected chi connectivity index (χ0v) is 14.7. The summed E-state index contributed by atoms with van der Waals surface area (Å²) in [4.78, 5) is 24.6. The van der Waals surface area contributed by atoms with E-state index in [0.29, 0.717) is 17.5 Å². The first-order valence-corrected chi connectivity index (χ1v) is 7.65. The fourth-order valence-electron chi connectivity index (χ4n) is 2.12. The molecule has 1 aromatic heterocycles. The van der Waals surface area contributed by atoms with Crippen LogP contribution in [0.4, 0.5) is 17.5 Å². The van der Waals surface area contributed by atoms with Crippen molar-refractivity contribution in [3.8, 4) is 0 Å². The van der Waals surface area contributed by atoms with Crippen LogP contribution in [0.5, 0.6) is 0 Å². The first kappa shape index (κ1) is 17.5. The highest BCUT2D eigenvalue weighted by Gasteiger charge is 2.12. The fourth-order valence-corrected chi connectivity index (χ4v) is 2.12. The van der Waals surface area contributed by atoms with Gasteiger partial charge in [0.15, 0.2) is 5.82 Å². The summed E-state index contributed by atoms with van der Waals surface area (Å²) in [6.45, 7) is 2.01. The number of carbonyl (C=O) groups is 1. The number of benzene rings is 1. The number of aromatic nitrogens is 2. The molecule has 2 rings (SSSR count). The molecule has 2 aromatic rings. The van der Waals surface area contributed by atoms with Gasteiger partial charge in [-0.1, -0.05) is 24.3 Å². The molecule has 0 radical (unpaired) electrons. The molecular formula is C18H23N5O. The fraction of sp³-hybridized carbons (Fsp3) is 0.278. The summed E-state index contributed by atoms with van der Waals surface area (Å²) in [7, 11) is 7.50. The predicted molar refractivity (Wildman–Crippen MR) is 99.5 cm³/mol. The maximum absolute atomic E-state index is 12.2. The van der Waals surface area contributed by atoms with Gasteiger partial charge in [-0.05, 0) is 24.1 Å². The Balaban J connectivity index is 2.18. The second kappa shape index (κ2) is 7.59. The van der Waals surface area contributed by atoms with E-state index in [-0.39, 0.29) is 5.91 Å². The Morgan fingerprint density at radius 3 is 2.46 bits per heavy atom. The van der Waals surface area contributed by atoms with Crippen molar-refractivity contribution >= 4 is 29.4 Å². The van der Waals surface area contributed by atoms with Crippen LogP contribution in [0.2, 0.25) is 0 Å². The normalized spacial score (nSPS) is 10.7. The number of anilines is 3. The van der Waals surface area contributed by atoms with Crippen molar-refractivity contribution in [1.29, 1.82) is 0 Å². The molecule has 0 atom stereocenters. The molecule has 0 aliphatic rings. The number of nitrogens with one attached hydrogen (secondary N) is 1. The van der Waals surface area contributed by atoms with Crippen LogP contribution < -0.4 is 15.1 Å². The van der Waals surface area contributed by atoms with E-state index in [1.54, 1.807) is 12.3 Å². The molecule has 1 aromatic carbocycles. The number of rotatable bonds is 5. The van der Waals surface area contributed by atoms with Crippen LogP contribution in [-0.2, 0) is 4.79 Å². The van der Waals surface area contributed by atoms with E-state index < -0.39 is 0 Å². The van der Waals surface area contributed by atoms with Crippen LogP contribution in [0.1, 0.15) is 11.1 Å². The van der Waals surface area contributed by atoms with Crippen LogP contribution >= 0.6 is 0 Å². The monoisotopic (exact) mass is 325 g/mol. The molecular weight excluding hydrogens is 302 g/mol. The van der Waals surface area contributed by atoms with Gasteiger partial charge >= 0.3 is 0 Å². The largest absolute Gasteiger partial charge is 0.361 e. The lowest BCUT2D eigenvalue weighted by atomic mass is 10.1. The lowest BCUT2D eigenvalue weighted by Gasteiger charge is -2.18. The number of hydrogen-bond donors (Lipinski definition) is 1. The molecule has 0 fully saturated rings. The van der Waals surface area contributed by atoms with Crippen molar-refractivity contribution in [2.45, 2.75) is 6.92 Å². The van der Waals surface area contributed by atoms with E-state index in [4.69, 9.17) is 0 Å². The van der Waals surface area contributed by atoms with Gasteiger partial charge in [0.1, 0.15) is 5.69 Å². The summed E-state index contributed by atoms with van der Waals surface area (Å²) >= 11 is 0. The standard InChI is InChI=1S/C18H23N5O/c1-13-8-6-7-9-14(13)10-11-16(24)20-15-12-19-18(23(4)5)21-17(15)22(2)3/h6-12H,1-5H3,(H,20,24)/b11-10+. The first-order chi connectivity index (χ1) is 11.4. The van der Waals surface area contributed by atoms with Crippen LogP contribution in [0, 0.1) is 6.92 Å². The number of hydrogen-bond acceptors (Lipinski definition) is 5. The number of aryl methyl sites for hydroxylation is 1. The van der Waals surface area contributed by atoms with Gasteiger partial charge in [-0.2, -0.15) is 4.98 Å². The molecule has 0 saturated carbocycles. The molecule has 1 heterocycles. The molecule has 0 saturated heterocycles. The average Bonchev–Trinajstić information content (AvgIpc) is 2.54. The summed E-state index contributed by atoms with van der Waals surface area (Å²) in [6.07, 6.45) is 4.94. The lowest BCUT2D eigenvalue weighted by molar-refractivity contribution is -0.111. The second-order valence-electron chi connectivity index (χ2n) is 5.88. The van der Waals surface area contributed by atoms with Gasteiger partial charge in [0.2, 0.25) is 11.9 Å². The predicted octanol–water partition coefficient (Wildman–Crippen LogP) is 2.57. The zero-order chi connectivity index (χ0) is 17.7. The second-order valence-corrected chi connectivity index (χ2v) is 5.88. The van der Waals surface area contributed by atoms with Gasteiger partial charge in [0, 0.05) is 34.3 Å². The quantitative estimate of drug-likeness (QED) is 0.856. The minimum atomic E-state index is -0.220. The molecule has 1 N–H and O–H groups in total. The minimum absolute atomic E-state index is 0.220. The molecule has 6 heteroatoms. The van der Waals surface area contributed by atoms with Gasteiger partial charge in [-0.15, -0.1) is 0 Å². The summed E-state index contributed by atoms with van der Waals surface area (Å²) < 4.78 is 0. The van der Waals surface area contributed by atoms with E-state index in [0.717, 1.165) is 11.1 Å². The molecule has 126 valence electrons. The Hall–Kier alpha value is -2.89. The van der Waals surface area contributed by atoms with Gasteiger partial charge in [0.05, 0.1) is 6.20 Å². The highest BCUT2D eigenvalue weighted by molar-refractivity contribution is 6.03. The topological polar surface area (TPSA) is 61.4 Å². The number of nitrogens with zero attached hydrogens (tertiary/aromatic N) is 4. The first-order valence-electron chi connectivity index (χ1n) is 7.65. The Morgan fingerprint density at radius 1 is 1.12 bits per heavy atom. The Morgan fingerprint density at radius 2 is 1.83 bits per heavy atom. The highest BCUT2D eigenvalue weighted by atomic mass is 16.1. The maximum Gasteiger partial charge on any atom is 0.248 e. The number of carbonyl (C=O) groups excluding carboxylic acids is 1. The van der Waals surface area contributed by atoms with Crippen LogP contribution in [0.15, 0.2) is 36.5 Å². The van der Waals surface area contributed by atoms with E-state index >= 15 is 0 Å². The van der Waals surface area contributed by atoms with Crippen molar-refractivity contribution < 1.29 is 4.79 Å². The Kier molecular flexibility index (Phi) is 5.52.